The maximum atomic E-state index is 11.6. The van der Waals surface area contributed by atoms with Gasteiger partial charge in [-0.15, -0.1) is 0 Å². The van der Waals surface area contributed by atoms with Crippen LogP contribution in [0, 0.1) is 10.1 Å². The lowest BCUT2D eigenvalue weighted by Crippen LogP contribution is -2.17. The fourth-order valence-electron chi connectivity index (χ4n) is 1.60. The van der Waals surface area contributed by atoms with Gasteiger partial charge in [0.1, 0.15) is 0 Å². The highest BCUT2D eigenvalue weighted by Gasteiger charge is 2.03. The van der Waals surface area contributed by atoms with Gasteiger partial charge in [0.05, 0.1) is 4.92 Å². The number of rotatable bonds is 5. The van der Waals surface area contributed by atoms with Gasteiger partial charge in [-0.3, -0.25) is 19.9 Å². The summed E-state index contributed by atoms with van der Waals surface area (Å²) in [6.45, 7) is 0. The highest BCUT2D eigenvalue weighted by Crippen LogP contribution is 2.13. The van der Waals surface area contributed by atoms with E-state index in [1.165, 1.54) is 30.7 Å². The second kappa shape index (κ2) is 7.44. The predicted octanol–water partition coefficient (Wildman–Crippen LogP) is 2.42. The molecule has 0 fully saturated rings. The Morgan fingerprint density at radius 2 is 2.05 bits per heavy atom. The minimum absolute atomic E-state index is 0.0186. The summed E-state index contributed by atoms with van der Waals surface area (Å²) in [5, 5.41) is 14.4. The SMILES string of the molecule is O=C(N/N=C/C=C/c1cccc([N+](=O)[O-])c1)c1ccncc1. The highest BCUT2D eigenvalue weighted by molar-refractivity contribution is 5.94. The van der Waals surface area contributed by atoms with Crippen LogP contribution in [0.5, 0.6) is 0 Å². The lowest BCUT2D eigenvalue weighted by atomic mass is 10.2. The molecule has 110 valence electrons. The number of nitrogens with one attached hydrogen (secondary N) is 1. The van der Waals surface area contributed by atoms with Crippen molar-refractivity contribution in [2.45, 2.75) is 0 Å². The minimum Gasteiger partial charge on any atom is -0.267 e. The van der Waals surface area contributed by atoms with Crippen molar-refractivity contribution in [3.63, 3.8) is 0 Å². The van der Waals surface area contributed by atoms with E-state index in [0.29, 0.717) is 11.1 Å². The number of hydrogen-bond acceptors (Lipinski definition) is 5. The Bertz CT molecular complexity index is 727. The molecule has 0 atom stereocenters. The summed E-state index contributed by atoms with van der Waals surface area (Å²) in [5.74, 6) is -0.345. The number of carbonyl (C=O) groups is 1. The van der Waals surface area contributed by atoms with E-state index in [9.17, 15) is 14.9 Å². The molecule has 0 aliphatic rings. The first-order valence-corrected chi connectivity index (χ1v) is 6.31. The molecule has 1 amide bonds. The first-order valence-electron chi connectivity index (χ1n) is 6.31. The van der Waals surface area contributed by atoms with E-state index in [2.05, 4.69) is 15.5 Å². The third kappa shape index (κ3) is 4.34. The fraction of sp³-hybridized carbons (Fsp3) is 0. The lowest BCUT2D eigenvalue weighted by Gasteiger charge is -1.97. The maximum absolute atomic E-state index is 11.6. The Labute approximate surface area is 126 Å². The molecule has 0 bridgehead atoms. The maximum Gasteiger partial charge on any atom is 0.271 e. The van der Waals surface area contributed by atoms with Crippen molar-refractivity contribution in [2.75, 3.05) is 0 Å². The van der Waals surface area contributed by atoms with Gasteiger partial charge in [-0.2, -0.15) is 5.10 Å². The van der Waals surface area contributed by atoms with E-state index < -0.39 is 4.92 Å². The van der Waals surface area contributed by atoms with Crippen molar-refractivity contribution in [1.29, 1.82) is 0 Å². The van der Waals surface area contributed by atoms with E-state index in [0.717, 1.165) is 0 Å². The number of aromatic nitrogens is 1. The summed E-state index contributed by atoms with van der Waals surface area (Å²) in [7, 11) is 0. The quantitative estimate of drug-likeness (QED) is 0.520. The summed E-state index contributed by atoms with van der Waals surface area (Å²) in [6.07, 6.45) is 7.64. The van der Waals surface area contributed by atoms with E-state index in [4.69, 9.17) is 0 Å². The molecular formula is C15H12N4O3. The van der Waals surface area contributed by atoms with Crippen molar-refractivity contribution in [3.8, 4) is 0 Å². The normalized spacial score (nSPS) is 10.9. The molecule has 7 heteroatoms. The third-order valence-corrected chi connectivity index (χ3v) is 2.64. The van der Waals surface area contributed by atoms with Crippen molar-refractivity contribution in [2.24, 2.45) is 5.10 Å². The van der Waals surface area contributed by atoms with Gasteiger partial charge < -0.3 is 0 Å². The van der Waals surface area contributed by atoms with Crippen LogP contribution in [0.3, 0.4) is 0 Å². The molecule has 0 aliphatic heterocycles. The number of pyridine rings is 1. The fourth-order valence-corrected chi connectivity index (χ4v) is 1.60. The molecule has 0 saturated carbocycles. The molecule has 0 spiro atoms. The van der Waals surface area contributed by atoms with Crippen LogP contribution in [0.25, 0.3) is 6.08 Å². The summed E-state index contributed by atoms with van der Waals surface area (Å²) in [6, 6.07) is 9.33. The molecule has 2 rings (SSSR count). The summed E-state index contributed by atoms with van der Waals surface area (Å²) in [5.41, 5.74) is 3.50. The predicted molar refractivity (Wildman–Crippen MR) is 82.3 cm³/mol. The molecular weight excluding hydrogens is 284 g/mol. The van der Waals surface area contributed by atoms with Gasteiger partial charge >= 0.3 is 0 Å². The molecule has 0 radical (unpaired) electrons. The van der Waals surface area contributed by atoms with E-state index in [1.807, 2.05) is 0 Å². The largest absolute Gasteiger partial charge is 0.271 e. The Morgan fingerprint density at radius 3 is 2.77 bits per heavy atom. The van der Waals surface area contributed by atoms with Crippen molar-refractivity contribution < 1.29 is 9.72 Å². The van der Waals surface area contributed by atoms with Crippen molar-refractivity contribution >= 4 is 23.9 Å². The van der Waals surface area contributed by atoms with E-state index >= 15 is 0 Å². The number of nitrogens with zero attached hydrogens (tertiary/aromatic N) is 3. The second-order valence-corrected chi connectivity index (χ2v) is 4.17. The zero-order valence-corrected chi connectivity index (χ0v) is 11.4. The molecule has 7 nitrogen and oxygen atoms in total. The van der Waals surface area contributed by atoms with Crippen LogP contribution < -0.4 is 5.43 Å². The number of carbonyl (C=O) groups excluding carboxylic acids is 1. The first kappa shape index (κ1) is 15.0. The van der Waals surface area contributed by atoms with Gasteiger partial charge in [0.25, 0.3) is 11.6 Å². The number of nitro benzene ring substituents is 1. The van der Waals surface area contributed by atoms with E-state index in [1.54, 1.807) is 36.4 Å². The molecule has 0 aliphatic carbocycles. The van der Waals surface area contributed by atoms with Crippen molar-refractivity contribution in [1.82, 2.24) is 10.4 Å². The number of nitro groups is 1. The smallest absolute Gasteiger partial charge is 0.267 e. The van der Waals surface area contributed by atoms with Gasteiger partial charge in [0.2, 0.25) is 0 Å². The Morgan fingerprint density at radius 1 is 1.27 bits per heavy atom. The summed E-state index contributed by atoms with van der Waals surface area (Å²) < 4.78 is 0. The molecule has 0 unspecified atom stereocenters. The van der Waals surface area contributed by atoms with Crippen LogP contribution in [0.15, 0.2) is 60.0 Å². The lowest BCUT2D eigenvalue weighted by molar-refractivity contribution is -0.384. The summed E-state index contributed by atoms with van der Waals surface area (Å²) in [4.78, 5) is 25.6. The van der Waals surface area contributed by atoms with Gasteiger partial charge in [0, 0.05) is 36.3 Å². The van der Waals surface area contributed by atoms with E-state index in [-0.39, 0.29) is 11.6 Å². The molecule has 1 aromatic heterocycles. The number of hydrogen-bond donors (Lipinski definition) is 1. The zero-order chi connectivity index (χ0) is 15.8. The number of non-ortho nitro benzene ring substituents is 1. The van der Waals surface area contributed by atoms with Crippen LogP contribution in [0.1, 0.15) is 15.9 Å². The second-order valence-electron chi connectivity index (χ2n) is 4.17. The Kier molecular flexibility index (Phi) is 5.09. The minimum atomic E-state index is -0.458. The van der Waals surface area contributed by atoms with Crippen LogP contribution in [-0.2, 0) is 0 Å². The molecule has 22 heavy (non-hydrogen) atoms. The standard InChI is InChI=1S/C15H12N4O3/c20-15(13-6-9-16-10-7-13)18-17-8-2-4-12-3-1-5-14(11-12)19(21)22/h1-11H,(H,18,20)/b4-2+,17-8+. The van der Waals surface area contributed by atoms with Gasteiger partial charge in [0.15, 0.2) is 0 Å². The molecule has 1 heterocycles. The third-order valence-electron chi connectivity index (χ3n) is 2.64. The molecule has 1 aromatic carbocycles. The topological polar surface area (TPSA) is 97.5 Å². The Balaban J connectivity index is 1.91. The van der Waals surface area contributed by atoms with Crippen LogP contribution in [0.4, 0.5) is 5.69 Å². The average Bonchev–Trinajstić information content (AvgIpc) is 2.55. The first-order chi connectivity index (χ1) is 10.7. The summed E-state index contributed by atoms with van der Waals surface area (Å²) >= 11 is 0. The monoisotopic (exact) mass is 296 g/mol. The average molecular weight is 296 g/mol. The number of allylic oxidation sites excluding steroid dienone is 1. The molecule has 1 N–H and O–H groups in total. The number of benzene rings is 1. The Hall–Kier alpha value is -3.35. The number of amides is 1. The van der Waals surface area contributed by atoms with Crippen LogP contribution in [0.2, 0.25) is 0 Å². The van der Waals surface area contributed by atoms with Gasteiger partial charge in [-0.25, -0.2) is 5.43 Å². The van der Waals surface area contributed by atoms with Gasteiger partial charge in [-0.1, -0.05) is 18.2 Å². The van der Waals surface area contributed by atoms with Crippen LogP contribution >= 0.6 is 0 Å². The van der Waals surface area contributed by atoms with Crippen molar-refractivity contribution in [3.05, 3.63) is 76.1 Å². The van der Waals surface area contributed by atoms with Crippen LogP contribution in [-0.4, -0.2) is 22.0 Å². The number of hydrazone groups is 1. The highest BCUT2D eigenvalue weighted by atomic mass is 16.6. The molecule has 0 saturated heterocycles. The molecule has 2 aromatic rings. The van der Waals surface area contributed by atoms with Gasteiger partial charge in [-0.05, 0) is 23.8 Å². The zero-order valence-electron chi connectivity index (χ0n) is 11.4.